The van der Waals surface area contributed by atoms with E-state index in [2.05, 4.69) is 32.6 Å². The summed E-state index contributed by atoms with van der Waals surface area (Å²) in [4.78, 5) is 10.5. The van der Waals surface area contributed by atoms with Gasteiger partial charge in [0.05, 0.1) is 6.26 Å². The molecule has 0 bridgehead atoms. The van der Waals surface area contributed by atoms with Crippen LogP contribution in [0, 0.1) is 3.57 Å². The van der Waals surface area contributed by atoms with Crippen LogP contribution in [0.3, 0.4) is 0 Å². The topological polar surface area (TPSA) is 66.4 Å². The van der Waals surface area contributed by atoms with Crippen LogP contribution >= 0.6 is 22.6 Å². The van der Waals surface area contributed by atoms with Gasteiger partial charge in [0.2, 0.25) is 16.0 Å². The molecule has 94 valence electrons. The van der Waals surface area contributed by atoms with Gasteiger partial charge in [-0.05, 0) is 22.6 Å². The second kappa shape index (κ2) is 5.02. The predicted octanol–water partition coefficient (Wildman–Crippen LogP) is 0.163. The number of piperazine rings is 1. The molecule has 0 aromatic carbocycles. The highest BCUT2D eigenvalue weighted by Gasteiger charge is 2.24. The first-order valence-corrected chi connectivity index (χ1v) is 8.07. The van der Waals surface area contributed by atoms with Crippen molar-refractivity contribution in [2.45, 2.75) is 0 Å². The Morgan fingerprint density at radius 3 is 2.18 bits per heavy atom. The van der Waals surface area contributed by atoms with Crippen molar-refractivity contribution in [2.75, 3.05) is 37.3 Å². The molecule has 1 fully saturated rings. The second-order valence-electron chi connectivity index (χ2n) is 3.85. The molecule has 0 aliphatic carbocycles. The third-order valence-electron chi connectivity index (χ3n) is 2.60. The summed E-state index contributed by atoms with van der Waals surface area (Å²) in [6, 6.07) is 0. The Morgan fingerprint density at radius 1 is 1.18 bits per heavy atom. The lowest BCUT2D eigenvalue weighted by atomic mass is 10.4. The molecular formula is C9H13IN4O2S. The van der Waals surface area contributed by atoms with Crippen LogP contribution in [0.25, 0.3) is 0 Å². The molecule has 1 aromatic rings. The minimum absolute atomic E-state index is 0.494. The zero-order valence-electron chi connectivity index (χ0n) is 9.37. The number of halogens is 1. The summed E-state index contributed by atoms with van der Waals surface area (Å²) < 4.78 is 25.2. The number of sulfonamides is 1. The smallest absolute Gasteiger partial charge is 0.225 e. The zero-order valence-corrected chi connectivity index (χ0v) is 12.3. The summed E-state index contributed by atoms with van der Waals surface area (Å²) in [6.07, 6.45) is 4.75. The summed E-state index contributed by atoms with van der Waals surface area (Å²) in [5, 5.41) is 0. The fourth-order valence-corrected chi connectivity index (χ4v) is 2.79. The Hall–Kier alpha value is -0.480. The number of anilines is 1. The second-order valence-corrected chi connectivity index (χ2v) is 7.08. The number of nitrogens with zero attached hydrogens (tertiary/aromatic N) is 4. The lowest BCUT2D eigenvalue weighted by Crippen LogP contribution is -2.48. The largest absolute Gasteiger partial charge is 0.338 e. The van der Waals surface area contributed by atoms with Gasteiger partial charge in [0.25, 0.3) is 0 Å². The Balaban J connectivity index is 2.02. The van der Waals surface area contributed by atoms with E-state index in [9.17, 15) is 8.42 Å². The standard InChI is InChI=1S/C9H13IN4O2S/c1-17(15,16)14-4-2-13(3-5-14)9-11-6-8(10)7-12-9/h6-7H,2-5H2,1H3. The van der Waals surface area contributed by atoms with E-state index in [1.165, 1.54) is 10.6 Å². The maximum absolute atomic E-state index is 11.3. The van der Waals surface area contributed by atoms with Crippen molar-refractivity contribution in [3.8, 4) is 0 Å². The van der Waals surface area contributed by atoms with Crippen molar-refractivity contribution in [3.05, 3.63) is 16.0 Å². The number of hydrogen-bond acceptors (Lipinski definition) is 5. The molecule has 1 saturated heterocycles. The minimum Gasteiger partial charge on any atom is -0.338 e. The normalized spacial score (nSPS) is 18.4. The van der Waals surface area contributed by atoms with Crippen molar-refractivity contribution < 1.29 is 8.42 Å². The third kappa shape index (κ3) is 3.26. The highest BCUT2D eigenvalue weighted by atomic mass is 127. The maximum Gasteiger partial charge on any atom is 0.225 e. The summed E-state index contributed by atoms with van der Waals surface area (Å²) in [5.41, 5.74) is 0. The Kier molecular flexibility index (Phi) is 3.83. The molecule has 0 spiro atoms. The molecule has 0 amide bonds. The van der Waals surface area contributed by atoms with Gasteiger partial charge in [0.15, 0.2) is 0 Å². The molecule has 1 aliphatic heterocycles. The van der Waals surface area contributed by atoms with Crippen LogP contribution in [0.15, 0.2) is 12.4 Å². The first-order valence-electron chi connectivity index (χ1n) is 5.14. The first kappa shape index (κ1) is 13.0. The number of rotatable bonds is 2. The van der Waals surface area contributed by atoms with Gasteiger partial charge >= 0.3 is 0 Å². The highest BCUT2D eigenvalue weighted by molar-refractivity contribution is 14.1. The van der Waals surface area contributed by atoms with Crippen LogP contribution < -0.4 is 4.90 Å². The fourth-order valence-electron chi connectivity index (χ4n) is 1.69. The maximum atomic E-state index is 11.3. The molecule has 17 heavy (non-hydrogen) atoms. The fraction of sp³-hybridized carbons (Fsp3) is 0.556. The van der Waals surface area contributed by atoms with Crippen molar-refractivity contribution in [1.29, 1.82) is 0 Å². The average Bonchev–Trinajstić information content (AvgIpc) is 2.29. The molecule has 0 saturated carbocycles. The molecular weight excluding hydrogens is 355 g/mol. The molecule has 8 heteroatoms. The van der Waals surface area contributed by atoms with Crippen LogP contribution in [0.2, 0.25) is 0 Å². The quantitative estimate of drug-likeness (QED) is 0.696. The molecule has 0 radical (unpaired) electrons. The Morgan fingerprint density at radius 2 is 1.71 bits per heavy atom. The molecule has 1 aliphatic rings. The SMILES string of the molecule is CS(=O)(=O)N1CCN(c2ncc(I)cn2)CC1. The van der Waals surface area contributed by atoms with Crippen molar-refractivity contribution in [1.82, 2.24) is 14.3 Å². The summed E-state index contributed by atoms with van der Waals surface area (Å²) in [5.74, 6) is 0.665. The third-order valence-corrected chi connectivity index (χ3v) is 4.46. The van der Waals surface area contributed by atoms with Crippen LogP contribution in [-0.4, -0.2) is 55.1 Å². The lowest BCUT2D eigenvalue weighted by molar-refractivity contribution is 0.385. The molecule has 0 N–H and O–H groups in total. The minimum atomic E-state index is -3.07. The van der Waals surface area contributed by atoms with E-state index in [0.29, 0.717) is 32.1 Å². The van der Waals surface area contributed by atoms with Gasteiger partial charge in [-0.1, -0.05) is 0 Å². The van der Waals surface area contributed by atoms with Crippen molar-refractivity contribution >= 4 is 38.6 Å². The van der Waals surface area contributed by atoms with Gasteiger partial charge in [0.1, 0.15) is 0 Å². The first-order chi connectivity index (χ1) is 7.97. The highest BCUT2D eigenvalue weighted by Crippen LogP contribution is 2.12. The Labute approximate surface area is 114 Å². The van der Waals surface area contributed by atoms with Crippen LogP contribution in [0.1, 0.15) is 0 Å². The van der Waals surface area contributed by atoms with Gasteiger partial charge in [-0.3, -0.25) is 0 Å². The van der Waals surface area contributed by atoms with E-state index < -0.39 is 10.0 Å². The van der Waals surface area contributed by atoms with Crippen LogP contribution in [-0.2, 0) is 10.0 Å². The summed E-state index contributed by atoms with van der Waals surface area (Å²) in [7, 11) is -3.07. The molecule has 2 rings (SSSR count). The van der Waals surface area contributed by atoms with E-state index in [-0.39, 0.29) is 0 Å². The molecule has 0 atom stereocenters. The van der Waals surface area contributed by atoms with E-state index in [4.69, 9.17) is 0 Å². The summed E-state index contributed by atoms with van der Waals surface area (Å²) in [6.45, 7) is 2.25. The Bertz CT molecular complexity index is 482. The molecule has 1 aromatic heterocycles. The van der Waals surface area contributed by atoms with E-state index >= 15 is 0 Å². The van der Waals surface area contributed by atoms with Crippen molar-refractivity contribution in [2.24, 2.45) is 0 Å². The van der Waals surface area contributed by atoms with Crippen LogP contribution in [0.5, 0.6) is 0 Å². The number of aromatic nitrogens is 2. The van der Waals surface area contributed by atoms with E-state index in [1.54, 1.807) is 12.4 Å². The molecule has 0 unspecified atom stereocenters. The monoisotopic (exact) mass is 368 g/mol. The van der Waals surface area contributed by atoms with E-state index in [0.717, 1.165) is 3.57 Å². The average molecular weight is 368 g/mol. The van der Waals surface area contributed by atoms with Gasteiger partial charge < -0.3 is 4.90 Å². The summed E-state index contributed by atoms with van der Waals surface area (Å²) >= 11 is 2.15. The van der Waals surface area contributed by atoms with Gasteiger partial charge in [-0.15, -0.1) is 0 Å². The van der Waals surface area contributed by atoms with Crippen molar-refractivity contribution in [3.63, 3.8) is 0 Å². The predicted molar refractivity (Wildman–Crippen MR) is 73.4 cm³/mol. The zero-order chi connectivity index (χ0) is 12.5. The van der Waals surface area contributed by atoms with E-state index in [1.807, 2.05) is 4.90 Å². The van der Waals surface area contributed by atoms with Crippen LogP contribution in [0.4, 0.5) is 5.95 Å². The number of hydrogen-bond donors (Lipinski definition) is 0. The molecule has 2 heterocycles. The molecule has 6 nitrogen and oxygen atoms in total. The van der Waals surface area contributed by atoms with Gasteiger partial charge in [-0.2, -0.15) is 4.31 Å². The lowest BCUT2D eigenvalue weighted by Gasteiger charge is -2.33. The van der Waals surface area contributed by atoms with Gasteiger partial charge in [-0.25, -0.2) is 18.4 Å². The van der Waals surface area contributed by atoms with Gasteiger partial charge in [0, 0.05) is 42.1 Å².